The maximum Gasteiger partial charge on any atom is 0.326 e. The molecule has 0 radical (unpaired) electrons. The molecule has 3 amide bonds. The Labute approximate surface area is 198 Å². The number of aromatic nitrogens is 2. The molecule has 7 N–H and O–H groups in total. The van der Waals surface area contributed by atoms with Crippen LogP contribution in [-0.2, 0) is 25.6 Å². The minimum Gasteiger partial charge on any atom is -0.480 e. The van der Waals surface area contributed by atoms with Crippen molar-refractivity contribution in [2.24, 2.45) is 17.6 Å². The molecule has 1 aromatic rings. The molecule has 0 aromatic carbocycles. The summed E-state index contributed by atoms with van der Waals surface area (Å²) >= 11 is 1.52. The highest BCUT2D eigenvalue weighted by atomic mass is 32.2. The molecule has 0 fully saturated rings. The van der Waals surface area contributed by atoms with Gasteiger partial charge < -0.3 is 31.8 Å². The molecule has 0 saturated carbocycles. The lowest BCUT2D eigenvalue weighted by molar-refractivity contribution is -0.142. The maximum absolute atomic E-state index is 13.0. The number of nitrogens with zero attached hydrogens (tertiary/aromatic N) is 1. The predicted octanol–water partition coefficient (Wildman–Crippen LogP) is -0.116. The highest BCUT2D eigenvalue weighted by Gasteiger charge is 2.32. The zero-order chi connectivity index (χ0) is 25.1. The fourth-order valence-electron chi connectivity index (χ4n) is 2.94. The van der Waals surface area contributed by atoms with Crippen LogP contribution in [0.1, 0.15) is 39.8 Å². The van der Waals surface area contributed by atoms with Crippen LogP contribution in [0, 0.1) is 11.8 Å². The highest BCUT2D eigenvalue weighted by Crippen LogP contribution is 2.08. The molecule has 0 spiro atoms. The number of amides is 3. The fraction of sp³-hybridized carbons (Fsp3) is 0.667. The standard InChI is InChI=1S/C21H36N6O5S/c1-11(2)16(22)19(29)25-14(6-7-33-5)18(28)27-17(12(3)4)20(30)26-15(21(31)32)8-13-9-23-10-24-13/h9-12,14-17H,6-8,22H2,1-5H3,(H,23,24)(H,25,29)(H,26,30)(H,27,28)(H,31,32). The molecule has 11 nitrogen and oxygen atoms in total. The van der Waals surface area contributed by atoms with E-state index in [1.54, 1.807) is 13.8 Å². The van der Waals surface area contributed by atoms with Gasteiger partial charge in [-0.25, -0.2) is 9.78 Å². The zero-order valence-corrected chi connectivity index (χ0v) is 20.6. The predicted molar refractivity (Wildman–Crippen MR) is 126 cm³/mol. The summed E-state index contributed by atoms with van der Waals surface area (Å²) in [5.74, 6) is -2.63. The van der Waals surface area contributed by atoms with Crippen LogP contribution in [-0.4, -0.2) is 74.9 Å². The summed E-state index contributed by atoms with van der Waals surface area (Å²) in [6, 6.07) is -3.83. The summed E-state index contributed by atoms with van der Waals surface area (Å²) in [5.41, 5.74) is 6.45. The fourth-order valence-corrected chi connectivity index (χ4v) is 3.41. The number of carboxylic acid groups (broad SMARTS) is 1. The van der Waals surface area contributed by atoms with E-state index in [1.807, 2.05) is 20.1 Å². The molecule has 0 saturated heterocycles. The number of carboxylic acids is 1. The largest absolute Gasteiger partial charge is 0.480 e. The van der Waals surface area contributed by atoms with Crippen LogP contribution in [0.25, 0.3) is 0 Å². The average Bonchev–Trinajstić information content (AvgIpc) is 3.26. The summed E-state index contributed by atoms with van der Waals surface area (Å²) in [5, 5.41) is 17.3. The van der Waals surface area contributed by atoms with Gasteiger partial charge in [-0.1, -0.05) is 27.7 Å². The number of rotatable bonds is 14. The first-order chi connectivity index (χ1) is 15.5. The van der Waals surface area contributed by atoms with Crippen molar-refractivity contribution in [1.82, 2.24) is 25.9 Å². The van der Waals surface area contributed by atoms with Gasteiger partial charge in [0, 0.05) is 18.3 Å². The van der Waals surface area contributed by atoms with Gasteiger partial charge in [-0.3, -0.25) is 14.4 Å². The lowest BCUT2D eigenvalue weighted by Gasteiger charge is -2.27. The number of carbonyl (C=O) groups excluding carboxylic acids is 3. The monoisotopic (exact) mass is 484 g/mol. The van der Waals surface area contributed by atoms with Gasteiger partial charge in [0.25, 0.3) is 0 Å². The second kappa shape index (κ2) is 13.8. The molecule has 0 aliphatic carbocycles. The van der Waals surface area contributed by atoms with Crippen LogP contribution >= 0.6 is 11.8 Å². The van der Waals surface area contributed by atoms with Gasteiger partial charge >= 0.3 is 5.97 Å². The first-order valence-corrected chi connectivity index (χ1v) is 12.2. The molecule has 0 aliphatic heterocycles. The van der Waals surface area contributed by atoms with Gasteiger partial charge in [-0.05, 0) is 30.3 Å². The van der Waals surface area contributed by atoms with Crippen LogP contribution in [0.4, 0.5) is 0 Å². The number of carbonyl (C=O) groups is 4. The quantitative estimate of drug-likeness (QED) is 0.211. The van der Waals surface area contributed by atoms with Crippen molar-refractivity contribution >= 4 is 35.5 Å². The maximum atomic E-state index is 13.0. The summed E-state index contributed by atoms with van der Waals surface area (Å²) in [7, 11) is 0. The Kier molecular flexibility index (Phi) is 11.9. The number of imidazole rings is 1. The Bertz CT molecular complexity index is 786. The molecule has 1 heterocycles. The summed E-state index contributed by atoms with van der Waals surface area (Å²) < 4.78 is 0. The number of aliphatic carboxylic acids is 1. The molecule has 1 aromatic heterocycles. The topological polar surface area (TPSA) is 179 Å². The van der Waals surface area contributed by atoms with Crippen LogP contribution in [0.5, 0.6) is 0 Å². The summed E-state index contributed by atoms with van der Waals surface area (Å²) in [6.07, 6.45) is 5.14. The zero-order valence-electron chi connectivity index (χ0n) is 19.8. The SMILES string of the molecule is CSCCC(NC(=O)C(N)C(C)C)C(=O)NC(C(=O)NC(Cc1cnc[nH]1)C(=O)O)C(C)C. The first-order valence-electron chi connectivity index (χ1n) is 10.8. The average molecular weight is 485 g/mol. The van der Waals surface area contributed by atoms with Crippen molar-refractivity contribution in [3.8, 4) is 0 Å². The van der Waals surface area contributed by atoms with Crippen LogP contribution in [0.2, 0.25) is 0 Å². The summed E-state index contributed by atoms with van der Waals surface area (Å²) in [4.78, 5) is 56.6. The third-order valence-corrected chi connectivity index (χ3v) is 5.75. The van der Waals surface area contributed by atoms with Gasteiger partial charge in [0.05, 0.1) is 12.4 Å². The van der Waals surface area contributed by atoms with Crippen molar-refractivity contribution in [1.29, 1.82) is 0 Å². The Morgan fingerprint density at radius 2 is 1.67 bits per heavy atom. The van der Waals surface area contributed by atoms with Crippen molar-refractivity contribution in [3.63, 3.8) is 0 Å². The molecule has 0 aliphatic rings. The van der Waals surface area contributed by atoms with E-state index in [0.29, 0.717) is 17.9 Å². The molecule has 0 bridgehead atoms. The lowest BCUT2D eigenvalue weighted by atomic mass is 10.0. The number of nitrogens with two attached hydrogens (primary N) is 1. The van der Waals surface area contributed by atoms with Crippen molar-refractivity contribution in [2.75, 3.05) is 12.0 Å². The van der Waals surface area contributed by atoms with Crippen molar-refractivity contribution < 1.29 is 24.3 Å². The normalized spacial score (nSPS) is 14.9. The number of H-pyrrole nitrogens is 1. The molecule has 1 rings (SSSR count). The smallest absolute Gasteiger partial charge is 0.326 e. The van der Waals surface area contributed by atoms with Gasteiger partial charge in [0.1, 0.15) is 18.1 Å². The number of nitrogens with one attached hydrogen (secondary N) is 4. The van der Waals surface area contributed by atoms with E-state index in [1.165, 1.54) is 24.3 Å². The summed E-state index contributed by atoms with van der Waals surface area (Å²) in [6.45, 7) is 7.09. The van der Waals surface area contributed by atoms with E-state index in [-0.39, 0.29) is 18.3 Å². The van der Waals surface area contributed by atoms with Gasteiger partial charge in [0.2, 0.25) is 17.7 Å². The molecule has 4 atom stereocenters. The van der Waals surface area contributed by atoms with E-state index in [0.717, 1.165) is 0 Å². The molecule has 33 heavy (non-hydrogen) atoms. The minimum absolute atomic E-state index is 0.0132. The van der Waals surface area contributed by atoms with Crippen LogP contribution in [0.15, 0.2) is 12.5 Å². The lowest BCUT2D eigenvalue weighted by Crippen LogP contribution is -2.59. The number of hydrogen-bond acceptors (Lipinski definition) is 7. The minimum atomic E-state index is -1.21. The third-order valence-electron chi connectivity index (χ3n) is 5.10. The number of aromatic amines is 1. The van der Waals surface area contributed by atoms with E-state index in [2.05, 4.69) is 25.9 Å². The Balaban J connectivity index is 2.92. The highest BCUT2D eigenvalue weighted by molar-refractivity contribution is 7.98. The first kappa shape index (κ1) is 28.4. The molecule has 186 valence electrons. The van der Waals surface area contributed by atoms with E-state index in [4.69, 9.17) is 5.73 Å². The van der Waals surface area contributed by atoms with Gasteiger partial charge in [-0.2, -0.15) is 11.8 Å². The van der Waals surface area contributed by atoms with E-state index in [9.17, 15) is 24.3 Å². The molecular weight excluding hydrogens is 448 g/mol. The van der Waals surface area contributed by atoms with Crippen LogP contribution < -0.4 is 21.7 Å². The number of hydrogen-bond donors (Lipinski definition) is 6. The third kappa shape index (κ3) is 9.42. The second-order valence-electron chi connectivity index (χ2n) is 8.52. The molecule has 12 heteroatoms. The Morgan fingerprint density at radius 1 is 1.03 bits per heavy atom. The van der Waals surface area contributed by atoms with Gasteiger partial charge in [-0.15, -0.1) is 0 Å². The van der Waals surface area contributed by atoms with Gasteiger partial charge in [0.15, 0.2) is 0 Å². The second-order valence-corrected chi connectivity index (χ2v) is 9.51. The van der Waals surface area contributed by atoms with Crippen molar-refractivity contribution in [2.45, 2.75) is 64.7 Å². The Morgan fingerprint density at radius 3 is 2.15 bits per heavy atom. The van der Waals surface area contributed by atoms with Crippen molar-refractivity contribution in [3.05, 3.63) is 18.2 Å². The van der Waals surface area contributed by atoms with Crippen LogP contribution in [0.3, 0.4) is 0 Å². The van der Waals surface area contributed by atoms with E-state index < -0.39 is 47.9 Å². The Hall–Kier alpha value is -2.60. The molecule has 4 unspecified atom stereocenters. The molecular formula is C21H36N6O5S. The van der Waals surface area contributed by atoms with E-state index >= 15 is 0 Å². The number of thioether (sulfide) groups is 1.